The van der Waals surface area contributed by atoms with Crippen LogP contribution in [0.1, 0.15) is 23.0 Å². The molecule has 1 aromatic heterocycles. The Morgan fingerprint density at radius 2 is 2.05 bits per heavy atom. The normalized spacial score (nSPS) is 11.4. The minimum Gasteiger partial charge on any atom is -0.356 e. The Bertz CT molecular complexity index is 618. The van der Waals surface area contributed by atoms with E-state index in [4.69, 9.17) is 0 Å². The lowest BCUT2D eigenvalue weighted by atomic mass is 10.2. The van der Waals surface area contributed by atoms with Gasteiger partial charge in [0.2, 0.25) is 5.91 Å². The van der Waals surface area contributed by atoms with Crippen LogP contribution in [0.15, 0.2) is 29.1 Å². The van der Waals surface area contributed by atoms with Crippen molar-refractivity contribution in [1.82, 2.24) is 15.6 Å². The SMILES string of the molecule is CNC(=O)/C=C/CNC(=O)c1ccc(C(C)(F)F)[nH]c1=O. The Kier molecular flexibility index (Phi) is 5.34. The summed E-state index contributed by atoms with van der Waals surface area (Å²) in [6.45, 7) is 0.666. The van der Waals surface area contributed by atoms with Gasteiger partial charge in [0.25, 0.3) is 17.4 Å². The van der Waals surface area contributed by atoms with E-state index in [2.05, 4.69) is 10.6 Å². The van der Waals surface area contributed by atoms with Crippen LogP contribution in [0, 0.1) is 0 Å². The first-order valence-electron chi connectivity index (χ1n) is 6.03. The number of carbonyl (C=O) groups excluding carboxylic acids is 2. The number of hydrogen-bond donors (Lipinski definition) is 3. The molecular formula is C13H15F2N3O3. The van der Waals surface area contributed by atoms with E-state index >= 15 is 0 Å². The van der Waals surface area contributed by atoms with Crippen LogP contribution in [-0.2, 0) is 10.7 Å². The monoisotopic (exact) mass is 299 g/mol. The number of carbonyl (C=O) groups is 2. The minimum atomic E-state index is -3.19. The summed E-state index contributed by atoms with van der Waals surface area (Å²) < 4.78 is 26.0. The van der Waals surface area contributed by atoms with Crippen LogP contribution in [0.2, 0.25) is 0 Å². The molecule has 3 N–H and O–H groups in total. The zero-order chi connectivity index (χ0) is 16.0. The highest BCUT2D eigenvalue weighted by molar-refractivity contribution is 5.94. The largest absolute Gasteiger partial charge is 0.356 e. The Hall–Kier alpha value is -2.51. The molecule has 8 heteroatoms. The lowest BCUT2D eigenvalue weighted by molar-refractivity contribution is -0.116. The molecule has 0 saturated carbocycles. The first-order valence-corrected chi connectivity index (χ1v) is 6.03. The number of aromatic amines is 1. The molecule has 1 aromatic rings. The van der Waals surface area contributed by atoms with Crippen LogP contribution < -0.4 is 16.2 Å². The van der Waals surface area contributed by atoms with E-state index in [1.165, 1.54) is 19.2 Å². The van der Waals surface area contributed by atoms with Crippen molar-refractivity contribution in [3.8, 4) is 0 Å². The number of pyridine rings is 1. The molecule has 1 heterocycles. The predicted molar refractivity (Wildman–Crippen MR) is 72.2 cm³/mol. The van der Waals surface area contributed by atoms with Gasteiger partial charge in [-0.3, -0.25) is 14.4 Å². The smallest absolute Gasteiger partial charge is 0.284 e. The summed E-state index contributed by atoms with van der Waals surface area (Å²) in [5.41, 5.74) is -1.75. The van der Waals surface area contributed by atoms with Gasteiger partial charge in [-0.25, -0.2) is 8.78 Å². The molecule has 0 saturated heterocycles. The van der Waals surface area contributed by atoms with Crippen LogP contribution in [0.4, 0.5) is 8.78 Å². The Labute approximate surface area is 119 Å². The van der Waals surface area contributed by atoms with E-state index < -0.39 is 23.1 Å². The van der Waals surface area contributed by atoms with E-state index in [-0.39, 0.29) is 18.0 Å². The van der Waals surface area contributed by atoms with Gasteiger partial charge in [-0.15, -0.1) is 0 Å². The highest BCUT2D eigenvalue weighted by Gasteiger charge is 2.26. The van der Waals surface area contributed by atoms with Crippen molar-refractivity contribution in [2.75, 3.05) is 13.6 Å². The summed E-state index contributed by atoms with van der Waals surface area (Å²) in [4.78, 5) is 36.1. The second-order valence-electron chi connectivity index (χ2n) is 4.23. The lowest BCUT2D eigenvalue weighted by Gasteiger charge is -2.10. The molecule has 0 fully saturated rings. The maximum atomic E-state index is 13.0. The third kappa shape index (κ3) is 4.83. The molecule has 0 aromatic carbocycles. The van der Waals surface area contributed by atoms with Crippen molar-refractivity contribution in [2.45, 2.75) is 12.8 Å². The average Bonchev–Trinajstić information content (AvgIpc) is 2.41. The molecule has 0 radical (unpaired) electrons. The second kappa shape index (κ2) is 6.78. The van der Waals surface area contributed by atoms with Gasteiger partial charge in [-0.2, -0.15) is 0 Å². The number of aromatic nitrogens is 1. The van der Waals surface area contributed by atoms with Crippen LogP contribution in [-0.4, -0.2) is 30.4 Å². The number of likely N-dealkylation sites (N-methyl/N-ethyl adjacent to an activating group) is 1. The van der Waals surface area contributed by atoms with E-state index in [1.54, 1.807) is 0 Å². The summed E-state index contributed by atoms with van der Waals surface area (Å²) in [5.74, 6) is -4.25. The van der Waals surface area contributed by atoms with Crippen molar-refractivity contribution in [3.63, 3.8) is 0 Å². The molecule has 1 rings (SSSR count). The fourth-order valence-electron chi connectivity index (χ4n) is 1.40. The molecule has 6 nitrogen and oxygen atoms in total. The number of hydrogen-bond acceptors (Lipinski definition) is 3. The molecule has 114 valence electrons. The molecular weight excluding hydrogens is 284 g/mol. The number of amides is 2. The predicted octanol–water partition coefficient (Wildman–Crippen LogP) is 0.519. The summed E-state index contributed by atoms with van der Waals surface area (Å²) >= 11 is 0. The van der Waals surface area contributed by atoms with E-state index in [0.717, 1.165) is 12.1 Å². The maximum absolute atomic E-state index is 13.0. The molecule has 21 heavy (non-hydrogen) atoms. The van der Waals surface area contributed by atoms with Gasteiger partial charge < -0.3 is 15.6 Å². The van der Waals surface area contributed by atoms with Gasteiger partial charge in [0, 0.05) is 26.6 Å². The molecule has 0 aliphatic rings. The summed E-state index contributed by atoms with van der Waals surface area (Å²) in [6.07, 6.45) is 2.60. The van der Waals surface area contributed by atoms with Crippen molar-refractivity contribution in [3.05, 3.63) is 45.9 Å². The zero-order valence-corrected chi connectivity index (χ0v) is 11.5. The lowest BCUT2D eigenvalue weighted by Crippen LogP contribution is -2.31. The molecule has 0 atom stereocenters. The molecule has 0 aliphatic heterocycles. The van der Waals surface area contributed by atoms with Gasteiger partial charge in [0.15, 0.2) is 0 Å². The first-order chi connectivity index (χ1) is 9.75. The topological polar surface area (TPSA) is 91.1 Å². The van der Waals surface area contributed by atoms with Crippen LogP contribution >= 0.6 is 0 Å². The Morgan fingerprint density at radius 1 is 1.38 bits per heavy atom. The third-order valence-corrected chi connectivity index (χ3v) is 2.52. The number of rotatable bonds is 5. The molecule has 0 spiro atoms. The van der Waals surface area contributed by atoms with Gasteiger partial charge >= 0.3 is 0 Å². The summed E-state index contributed by atoms with van der Waals surface area (Å²) in [6, 6.07) is 2.01. The van der Waals surface area contributed by atoms with E-state index in [0.29, 0.717) is 6.92 Å². The Balaban J connectivity index is 2.74. The van der Waals surface area contributed by atoms with Gasteiger partial charge in [-0.05, 0) is 12.1 Å². The van der Waals surface area contributed by atoms with Crippen LogP contribution in [0.25, 0.3) is 0 Å². The molecule has 0 bridgehead atoms. The van der Waals surface area contributed by atoms with Crippen molar-refractivity contribution >= 4 is 11.8 Å². The van der Waals surface area contributed by atoms with Crippen molar-refractivity contribution < 1.29 is 18.4 Å². The first kappa shape index (κ1) is 16.5. The Morgan fingerprint density at radius 3 is 2.57 bits per heavy atom. The fourth-order valence-corrected chi connectivity index (χ4v) is 1.40. The maximum Gasteiger partial charge on any atom is 0.284 e. The van der Waals surface area contributed by atoms with E-state index in [1.807, 2.05) is 4.98 Å². The summed E-state index contributed by atoms with van der Waals surface area (Å²) in [5, 5.41) is 4.71. The summed E-state index contributed by atoms with van der Waals surface area (Å²) in [7, 11) is 1.45. The number of nitrogens with one attached hydrogen (secondary N) is 3. The van der Waals surface area contributed by atoms with Crippen LogP contribution in [0.5, 0.6) is 0 Å². The second-order valence-corrected chi connectivity index (χ2v) is 4.23. The van der Waals surface area contributed by atoms with Gasteiger partial charge in [0.1, 0.15) is 5.56 Å². The van der Waals surface area contributed by atoms with Crippen LogP contribution in [0.3, 0.4) is 0 Å². The number of H-pyrrole nitrogens is 1. The number of halogens is 2. The molecule has 0 aliphatic carbocycles. The average molecular weight is 299 g/mol. The number of alkyl halides is 2. The highest BCUT2D eigenvalue weighted by atomic mass is 19.3. The third-order valence-electron chi connectivity index (χ3n) is 2.52. The minimum absolute atomic E-state index is 0.0252. The van der Waals surface area contributed by atoms with Crippen molar-refractivity contribution in [1.29, 1.82) is 0 Å². The molecule has 2 amide bonds. The van der Waals surface area contributed by atoms with Gasteiger partial charge in [-0.1, -0.05) is 6.08 Å². The van der Waals surface area contributed by atoms with Crippen molar-refractivity contribution in [2.24, 2.45) is 0 Å². The molecule has 0 unspecified atom stereocenters. The zero-order valence-electron chi connectivity index (χ0n) is 11.5. The van der Waals surface area contributed by atoms with Gasteiger partial charge in [0.05, 0.1) is 5.69 Å². The highest BCUT2D eigenvalue weighted by Crippen LogP contribution is 2.23. The van der Waals surface area contributed by atoms with E-state index in [9.17, 15) is 23.2 Å². The fraction of sp³-hybridized carbons (Fsp3) is 0.308. The quantitative estimate of drug-likeness (QED) is 0.692. The standard InChI is InChI=1S/C13H15F2N3O3/c1-13(14,15)9-6-5-8(12(21)18-9)11(20)17-7-3-4-10(19)16-2/h3-6H,7H2,1-2H3,(H,16,19)(H,17,20)(H,18,21)/b4-3+.